The fourth-order valence-corrected chi connectivity index (χ4v) is 1.66. The van der Waals surface area contributed by atoms with Crippen molar-refractivity contribution in [1.29, 1.82) is 0 Å². The van der Waals surface area contributed by atoms with Crippen molar-refractivity contribution in [3.63, 3.8) is 0 Å². The van der Waals surface area contributed by atoms with Gasteiger partial charge in [0.2, 0.25) is 0 Å². The van der Waals surface area contributed by atoms with Gasteiger partial charge in [-0.3, -0.25) is 4.79 Å². The molecular formula is C13H16O4. The number of hydrogen-bond acceptors (Lipinski definition) is 4. The highest BCUT2D eigenvalue weighted by Crippen LogP contribution is 2.25. The molecule has 92 valence electrons. The second-order valence-electron chi connectivity index (χ2n) is 3.61. The number of Topliss-reactive ketones (excluding diaryl/α,β-unsaturated/α-hetero) is 1. The van der Waals surface area contributed by atoms with Crippen molar-refractivity contribution in [2.24, 2.45) is 0 Å². The van der Waals surface area contributed by atoms with Crippen LogP contribution in [0.2, 0.25) is 0 Å². The summed E-state index contributed by atoms with van der Waals surface area (Å²) in [6.07, 6.45) is 0.648. The minimum absolute atomic E-state index is 0.0898. The summed E-state index contributed by atoms with van der Waals surface area (Å²) < 4.78 is 9.81. The Morgan fingerprint density at radius 1 is 1.18 bits per heavy atom. The Morgan fingerprint density at radius 2 is 1.82 bits per heavy atom. The van der Waals surface area contributed by atoms with Crippen LogP contribution >= 0.6 is 0 Å². The normalized spacial score (nSPS) is 9.88. The van der Waals surface area contributed by atoms with Crippen molar-refractivity contribution in [3.05, 3.63) is 28.8 Å². The van der Waals surface area contributed by atoms with Crippen LogP contribution < -0.4 is 4.74 Å². The molecule has 1 aromatic rings. The van der Waals surface area contributed by atoms with Crippen molar-refractivity contribution in [2.45, 2.75) is 20.3 Å². The average molecular weight is 236 g/mol. The van der Waals surface area contributed by atoms with E-state index in [0.29, 0.717) is 23.3 Å². The summed E-state index contributed by atoms with van der Waals surface area (Å²) in [6, 6.07) is 3.24. The molecule has 0 atom stereocenters. The summed E-state index contributed by atoms with van der Waals surface area (Å²) in [5.41, 5.74) is 1.71. The maximum atomic E-state index is 11.6. The topological polar surface area (TPSA) is 52.6 Å². The molecule has 0 aliphatic carbocycles. The summed E-state index contributed by atoms with van der Waals surface area (Å²) >= 11 is 0. The van der Waals surface area contributed by atoms with Crippen LogP contribution in [0, 0.1) is 0 Å². The molecule has 0 amide bonds. The van der Waals surface area contributed by atoms with Crippen LogP contribution in [0.4, 0.5) is 0 Å². The fourth-order valence-electron chi connectivity index (χ4n) is 1.66. The number of methoxy groups -OCH3 is 2. The molecule has 0 bridgehead atoms. The van der Waals surface area contributed by atoms with Gasteiger partial charge in [-0.15, -0.1) is 0 Å². The van der Waals surface area contributed by atoms with Gasteiger partial charge in [-0.2, -0.15) is 0 Å². The van der Waals surface area contributed by atoms with Gasteiger partial charge in [0.25, 0.3) is 0 Å². The molecule has 0 spiro atoms. The number of esters is 1. The number of carbonyl (C=O) groups excluding carboxylic acids is 2. The number of aryl methyl sites for hydroxylation is 1. The highest BCUT2D eigenvalue weighted by Gasteiger charge is 2.17. The zero-order valence-electron chi connectivity index (χ0n) is 10.5. The standard InChI is InChI=1S/C13H16O4/c1-5-9-6-10(8(2)14)12(16-3)7-11(9)13(15)17-4/h6-7H,5H2,1-4H3. The Balaban J connectivity index is 3.43. The molecule has 0 radical (unpaired) electrons. The van der Waals surface area contributed by atoms with E-state index >= 15 is 0 Å². The van der Waals surface area contributed by atoms with Crippen LogP contribution in [0.1, 0.15) is 40.1 Å². The molecule has 0 aliphatic heterocycles. The third-order valence-corrected chi connectivity index (χ3v) is 2.59. The van der Waals surface area contributed by atoms with Crippen molar-refractivity contribution in [3.8, 4) is 5.75 Å². The Labute approximate surface area is 101 Å². The molecule has 4 nitrogen and oxygen atoms in total. The Hall–Kier alpha value is -1.84. The van der Waals surface area contributed by atoms with Crippen molar-refractivity contribution in [1.82, 2.24) is 0 Å². The lowest BCUT2D eigenvalue weighted by atomic mass is 9.99. The minimum atomic E-state index is -0.421. The minimum Gasteiger partial charge on any atom is -0.496 e. The number of hydrogen-bond donors (Lipinski definition) is 0. The number of ketones is 1. The van der Waals surface area contributed by atoms with Gasteiger partial charge < -0.3 is 9.47 Å². The van der Waals surface area contributed by atoms with E-state index in [1.165, 1.54) is 21.1 Å². The largest absolute Gasteiger partial charge is 0.496 e. The molecule has 0 fully saturated rings. The predicted molar refractivity (Wildman–Crippen MR) is 63.7 cm³/mol. The summed E-state index contributed by atoms with van der Waals surface area (Å²) in [5.74, 6) is -0.113. The maximum Gasteiger partial charge on any atom is 0.338 e. The summed E-state index contributed by atoms with van der Waals surface area (Å²) in [6.45, 7) is 3.38. The van der Waals surface area contributed by atoms with Crippen LogP contribution in [0.5, 0.6) is 5.75 Å². The molecule has 0 N–H and O–H groups in total. The Kier molecular flexibility index (Phi) is 4.26. The lowest BCUT2D eigenvalue weighted by molar-refractivity contribution is 0.0598. The van der Waals surface area contributed by atoms with Gasteiger partial charge in [-0.05, 0) is 31.0 Å². The van der Waals surface area contributed by atoms with Gasteiger partial charge in [0.1, 0.15) is 5.75 Å². The first-order valence-corrected chi connectivity index (χ1v) is 5.35. The third-order valence-electron chi connectivity index (χ3n) is 2.59. The fraction of sp³-hybridized carbons (Fsp3) is 0.385. The SMILES string of the molecule is CCc1cc(C(C)=O)c(OC)cc1C(=O)OC. The van der Waals surface area contributed by atoms with E-state index in [4.69, 9.17) is 9.47 Å². The molecule has 4 heteroatoms. The average Bonchev–Trinajstić information content (AvgIpc) is 2.35. The van der Waals surface area contributed by atoms with Gasteiger partial charge in [-0.1, -0.05) is 6.92 Å². The number of carbonyl (C=O) groups is 2. The molecule has 0 unspecified atom stereocenters. The second-order valence-corrected chi connectivity index (χ2v) is 3.61. The molecule has 0 heterocycles. The molecule has 0 aromatic heterocycles. The molecule has 1 aromatic carbocycles. The van der Waals surface area contributed by atoms with E-state index in [1.807, 2.05) is 6.92 Å². The van der Waals surface area contributed by atoms with E-state index in [-0.39, 0.29) is 5.78 Å². The lowest BCUT2D eigenvalue weighted by Gasteiger charge is -2.12. The smallest absolute Gasteiger partial charge is 0.338 e. The Bertz CT molecular complexity index is 449. The number of benzene rings is 1. The molecule has 0 aliphatic rings. The van der Waals surface area contributed by atoms with E-state index < -0.39 is 5.97 Å². The van der Waals surface area contributed by atoms with Gasteiger partial charge in [0, 0.05) is 0 Å². The molecule has 0 saturated carbocycles. The van der Waals surface area contributed by atoms with Gasteiger partial charge in [0.05, 0.1) is 25.3 Å². The highest BCUT2D eigenvalue weighted by molar-refractivity contribution is 5.99. The first-order valence-electron chi connectivity index (χ1n) is 5.35. The Morgan fingerprint density at radius 3 is 2.24 bits per heavy atom. The predicted octanol–water partition coefficient (Wildman–Crippen LogP) is 2.25. The molecule has 0 saturated heterocycles. The summed E-state index contributed by atoms with van der Waals surface area (Å²) in [7, 11) is 2.79. The number of ether oxygens (including phenoxy) is 2. The molecule has 1 rings (SSSR count). The van der Waals surface area contributed by atoms with Gasteiger partial charge in [0.15, 0.2) is 5.78 Å². The zero-order chi connectivity index (χ0) is 13.0. The van der Waals surface area contributed by atoms with Crippen LogP contribution in [-0.4, -0.2) is 26.0 Å². The van der Waals surface area contributed by atoms with Crippen LogP contribution in [-0.2, 0) is 11.2 Å². The number of rotatable bonds is 4. The molecule has 17 heavy (non-hydrogen) atoms. The van der Waals surface area contributed by atoms with E-state index in [1.54, 1.807) is 12.1 Å². The van der Waals surface area contributed by atoms with Crippen molar-refractivity contribution >= 4 is 11.8 Å². The van der Waals surface area contributed by atoms with Crippen LogP contribution in [0.15, 0.2) is 12.1 Å². The van der Waals surface area contributed by atoms with E-state index in [9.17, 15) is 9.59 Å². The molecular weight excluding hydrogens is 220 g/mol. The maximum absolute atomic E-state index is 11.6. The van der Waals surface area contributed by atoms with Gasteiger partial charge in [-0.25, -0.2) is 4.79 Å². The van der Waals surface area contributed by atoms with E-state index in [2.05, 4.69) is 0 Å². The van der Waals surface area contributed by atoms with Crippen LogP contribution in [0.25, 0.3) is 0 Å². The van der Waals surface area contributed by atoms with Crippen LogP contribution in [0.3, 0.4) is 0 Å². The summed E-state index contributed by atoms with van der Waals surface area (Å²) in [4.78, 5) is 23.0. The monoisotopic (exact) mass is 236 g/mol. The quantitative estimate of drug-likeness (QED) is 0.594. The van der Waals surface area contributed by atoms with Gasteiger partial charge >= 0.3 is 5.97 Å². The van der Waals surface area contributed by atoms with Crippen molar-refractivity contribution in [2.75, 3.05) is 14.2 Å². The first kappa shape index (κ1) is 13.2. The summed E-state index contributed by atoms with van der Waals surface area (Å²) in [5, 5.41) is 0. The van der Waals surface area contributed by atoms with Crippen molar-refractivity contribution < 1.29 is 19.1 Å². The van der Waals surface area contributed by atoms with E-state index in [0.717, 1.165) is 5.56 Å². The highest BCUT2D eigenvalue weighted by atomic mass is 16.5. The zero-order valence-corrected chi connectivity index (χ0v) is 10.5. The third kappa shape index (κ3) is 2.64. The second kappa shape index (κ2) is 5.48. The first-order chi connectivity index (χ1) is 8.04. The lowest BCUT2D eigenvalue weighted by Crippen LogP contribution is -2.08.